The van der Waals surface area contributed by atoms with Gasteiger partial charge < -0.3 is 15.5 Å². The molecular formula is C11H21N3O2. The van der Waals surface area contributed by atoms with Crippen molar-refractivity contribution in [1.29, 1.82) is 0 Å². The van der Waals surface area contributed by atoms with Crippen molar-refractivity contribution in [2.45, 2.75) is 19.8 Å². The largest absolute Gasteiger partial charge is 0.369 e. The number of primary amides is 1. The van der Waals surface area contributed by atoms with Crippen molar-refractivity contribution in [1.82, 2.24) is 9.80 Å². The van der Waals surface area contributed by atoms with Crippen LogP contribution in [0.25, 0.3) is 0 Å². The van der Waals surface area contributed by atoms with Crippen LogP contribution in [-0.4, -0.2) is 55.3 Å². The second kappa shape index (κ2) is 4.82. The predicted molar refractivity (Wildman–Crippen MR) is 61.7 cm³/mol. The van der Waals surface area contributed by atoms with Crippen molar-refractivity contribution < 1.29 is 9.59 Å². The third-order valence-electron chi connectivity index (χ3n) is 3.27. The highest BCUT2D eigenvalue weighted by Gasteiger charge is 2.36. The molecule has 0 aliphatic carbocycles. The fourth-order valence-corrected chi connectivity index (χ4v) is 1.87. The highest BCUT2D eigenvalue weighted by molar-refractivity contribution is 5.82. The Balaban J connectivity index is 2.49. The highest BCUT2D eigenvalue weighted by atomic mass is 16.2. The molecule has 5 heteroatoms. The van der Waals surface area contributed by atoms with Gasteiger partial charge in [0.15, 0.2) is 0 Å². The second-order valence-electron chi connectivity index (χ2n) is 5.04. The summed E-state index contributed by atoms with van der Waals surface area (Å²) in [4.78, 5) is 26.7. The van der Waals surface area contributed by atoms with Gasteiger partial charge in [-0.25, -0.2) is 0 Å². The molecular weight excluding hydrogens is 206 g/mol. The molecule has 1 aliphatic heterocycles. The lowest BCUT2D eigenvalue weighted by Crippen LogP contribution is -2.49. The normalized spacial score (nSPS) is 19.9. The van der Waals surface area contributed by atoms with Crippen LogP contribution in [0.15, 0.2) is 0 Å². The Morgan fingerprint density at radius 1 is 1.31 bits per heavy atom. The molecule has 0 spiro atoms. The van der Waals surface area contributed by atoms with Gasteiger partial charge in [-0.3, -0.25) is 9.59 Å². The summed E-state index contributed by atoms with van der Waals surface area (Å²) in [6, 6.07) is 0. The van der Waals surface area contributed by atoms with Gasteiger partial charge in [-0.2, -0.15) is 0 Å². The van der Waals surface area contributed by atoms with E-state index < -0.39 is 5.41 Å². The number of piperidine rings is 1. The summed E-state index contributed by atoms with van der Waals surface area (Å²) in [6.07, 6.45) is 1.34. The zero-order chi connectivity index (χ0) is 12.3. The van der Waals surface area contributed by atoms with Crippen molar-refractivity contribution in [2.24, 2.45) is 11.1 Å². The number of carbonyl (C=O) groups is 2. The number of nitrogens with two attached hydrogens (primary N) is 1. The van der Waals surface area contributed by atoms with Gasteiger partial charge in [-0.15, -0.1) is 0 Å². The van der Waals surface area contributed by atoms with Crippen LogP contribution in [0.2, 0.25) is 0 Å². The van der Waals surface area contributed by atoms with Crippen LogP contribution in [0.5, 0.6) is 0 Å². The van der Waals surface area contributed by atoms with Gasteiger partial charge in [-0.1, -0.05) is 6.92 Å². The van der Waals surface area contributed by atoms with Crippen molar-refractivity contribution >= 4 is 11.8 Å². The molecule has 0 aromatic heterocycles. The summed E-state index contributed by atoms with van der Waals surface area (Å²) in [6.45, 7) is 3.56. The number of amides is 2. The van der Waals surface area contributed by atoms with Crippen LogP contribution < -0.4 is 5.73 Å². The molecule has 1 heterocycles. The van der Waals surface area contributed by atoms with E-state index in [4.69, 9.17) is 5.73 Å². The maximum absolute atomic E-state index is 11.8. The van der Waals surface area contributed by atoms with Crippen LogP contribution in [-0.2, 0) is 9.59 Å². The molecule has 0 aromatic carbocycles. The van der Waals surface area contributed by atoms with Crippen LogP contribution in [0.4, 0.5) is 0 Å². The number of likely N-dealkylation sites (N-methyl/N-ethyl adjacent to an activating group) is 1. The molecule has 0 unspecified atom stereocenters. The smallest absolute Gasteiger partial charge is 0.236 e. The van der Waals surface area contributed by atoms with E-state index in [1.165, 1.54) is 0 Å². The molecule has 0 bridgehead atoms. The quantitative estimate of drug-likeness (QED) is 0.717. The van der Waals surface area contributed by atoms with Gasteiger partial charge in [0.25, 0.3) is 0 Å². The van der Waals surface area contributed by atoms with E-state index in [1.807, 2.05) is 30.8 Å². The number of likely N-dealkylation sites (tertiary alicyclic amines) is 1. The number of nitrogens with zero attached hydrogens (tertiary/aromatic N) is 2. The fourth-order valence-electron chi connectivity index (χ4n) is 1.87. The molecule has 2 amide bonds. The fraction of sp³-hybridized carbons (Fsp3) is 0.818. The average Bonchev–Trinajstić information content (AvgIpc) is 2.17. The first-order valence-corrected chi connectivity index (χ1v) is 5.57. The summed E-state index contributed by atoms with van der Waals surface area (Å²) in [5.41, 5.74) is 4.92. The highest BCUT2D eigenvalue weighted by Crippen LogP contribution is 2.30. The Bertz CT molecular complexity index is 281. The molecule has 0 aromatic rings. The van der Waals surface area contributed by atoms with E-state index in [0.29, 0.717) is 32.5 Å². The molecule has 1 rings (SSSR count). The first-order valence-electron chi connectivity index (χ1n) is 5.57. The Hall–Kier alpha value is -1.10. The molecule has 5 nitrogen and oxygen atoms in total. The Labute approximate surface area is 96.6 Å². The molecule has 1 aliphatic rings. The van der Waals surface area contributed by atoms with Crippen LogP contribution in [0, 0.1) is 5.41 Å². The van der Waals surface area contributed by atoms with E-state index in [9.17, 15) is 9.59 Å². The lowest BCUT2D eigenvalue weighted by atomic mass is 9.80. The lowest BCUT2D eigenvalue weighted by Gasteiger charge is -2.37. The molecule has 0 radical (unpaired) electrons. The monoisotopic (exact) mass is 227 g/mol. The zero-order valence-corrected chi connectivity index (χ0v) is 10.3. The summed E-state index contributed by atoms with van der Waals surface area (Å²) >= 11 is 0. The number of rotatable bonds is 3. The molecule has 2 N–H and O–H groups in total. The third kappa shape index (κ3) is 2.95. The van der Waals surface area contributed by atoms with Gasteiger partial charge in [0.1, 0.15) is 0 Å². The first-order chi connectivity index (χ1) is 7.35. The second-order valence-corrected chi connectivity index (χ2v) is 5.04. The number of hydrogen-bond acceptors (Lipinski definition) is 3. The predicted octanol–water partition coefficient (Wildman–Crippen LogP) is -0.338. The maximum atomic E-state index is 11.8. The van der Waals surface area contributed by atoms with E-state index in [1.54, 1.807) is 0 Å². The van der Waals surface area contributed by atoms with Crippen molar-refractivity contribution in [3.8, 4) is 0 Å². The van der Waals surface area contributed by atoms with Crippen LogP contribution >= 0.6 is 0 Å². The lowest BCUT2D eigenvalue weighted by molar-refractivity contribution is -0.138. The average molecular weight is 227 g/mol. The minimum atomic E-state index is -0.436. The Morgan fingerprint density at radius 3 is 2.19 bits per heavy atom. The van der Waals surface area contributed by atoms with Crippen LogP contribution in [0.1, 0.15) is 19.8 Å². The summed E-state index contributed by atoms with van der Waals surface area (Å²) in [5.74, 6) is -0.135. The summed E-state index contributed by atoms with van der Waals surface area (Å²) in [5, 5.41) is 0. The van der Waals surface area contributed by atoms with Gasteiger partial charge >= 0.3 is 0 Å². The number of hydrogen-bond donors (Lipinski definition) is 1. The molecule has 16 heavy (non-hydrogen) atoms. The molecule has 1 fully saturated rings. The zero-order valence-electron chi connectivity index (χ0n) is 10.3. The van der Waals surface area contributed by atoms with E-state index in [-0.39, 0.29) is 11.8 Å². The minimum Gasteiger partial charge on any atom is -0.369 e. The van der Waals surface area contributed by atoms with Crippen molar-refractivity contribution in [2.75, 3.05) is 33.7 Å². The SMILES string of the molecule is CN(C)CC(=O)N1CCC(C)(C(N)=O)CC1. The Kier molecular flexibility index (Phi) is 3.91. The van der Waals surface area contributed by atoms with Gasteiger partial charge in [0.05, 0.1) is 6.54 Å². The standard InChI is InChI=1S/C11H21N3O2/c1-11(10(12)16)4-6-14(7-5-11)9(15)8-13(2)3/h4-8H2,1-3H3,(H2,12,16). The molecule has 1 saturated heterocycles. The molecule has 0 saturated carbocycles. The molecule has 0 atom stereocenters. The van der Waals surface area contributed by atoms with Crippen LogP contribution in [0.3, 0.4) is 0 Å². The Morgan fingerprint density at radius 2 is 1.81 bits per heavy atom. The van der Waals surface area contributed by atoms with E-state index in [0.717, 1.165) is 0 Å². The van der Waals surface area contributed by atoms with Gasteiger partial charge in [-0.05, 0) is 26.9 Å². The first kappa shape index (κ1) is 13.0. The minimum absolute atomic E-state index is 0.122. The maximum Gasteiger partial charge on any atom is 0.236 e. The number of carbonyl (C=O) groups excluding carboxylic acids is 2. The van der Waals surface area contributed by atoms with Crippen molar-refractivity contribution in [3.63, 3.8) is 0 Å². The molecule has 92 valence electrons. The van der Waals surface area contributed by atoms with Crippen molar-refractivity contribution in [3.05, 3.63) is 0 Å². The van der Waals surface area contributed by atoms with E-state index >= 15 is 0 Å². The third-order valence-corrected chi connectivity index (χ3v) is 3.27. The summed E-state index contributed by atoms with van der Waals surface area (Å²) in [7, 11) is 3.74. The van der Waals surface area contributed by atoms with E-state index in [2.05, 4.69) is 0 Å². The summed E-state index contributed by atoms with van der Waals surface area (Å²) < 4.78 is 0. The topological polar surface area (TPSA) is 66.6 Å². The van der Waals surface area contributed by atoms with Gasteiger partial charge in [0.2, 0.25) is 11.8 Å². The van der Waals surface area contributed by atoms with Gasteiger partial charge in [0, 0.05) is 18.5 Å².